The zero-order valence-corrected chi connectivity index (χ0v) is 12.1. The predicted octanol–water partition coefficient (Wildman–Crippen LogP) is 3.21. The average Bonchev–Trinajstić information content (AvgIpc) is 2.44. The maximum atomic E-state index is 10.9. The topological polar surface area (TPSA) is 75.4 Å². The molecule has 0 amide bonds. The first-order chi connectivity index (χ1) is 9.99. The number of benzene rings is 2. The summed E-state index contributed by atoms with van der Waals surface area (Å²) in [5.74, 6) is 0.254. The van der Waals surface area contributed by atoms with Gasteiger partial charge in [-0.15, -0.1) is 0 Å². The van der Waals surface area contributed by atoms with E-state index in [1.165, 1.54) is 6.07 Å². The molecule has 0 fully saturated rings. The molecule has 2 N–H and O–H groups in total. The quantitative estimate of drug-likeness (QED) is 0.653. The minimum Gasteiger partial charge on any atom is -0.508 e. The number of nitro benzene ring substituents is 1. The van der Waals surface area contributed by atoms with E-state index >= 15 is 0 Å². The van der Waals surface area contributed by atoms with Gasteiger partial charge in [-0.2, -0.15) is 0 Å². The summed E-state index contributed by atoms with van der Waals surface area (Å²) < 4.78 is 0. The zero-order valence-electron chi connectivity index (χ0n) is 12.1. The molecule has 2 rings (SSSR count). The lowest BCUT2D eigenvalue weighted by Gasteiger charge is -2.10. The summed E-state index contributed by atoms with van der Waals surface area (Å²) in [6, 6.07) is 10.5. The molecule has 0 aromatic heterocycles. The Morgan fingerprint density at radius 3 is 2.57 bits per heavy atom. The number of phenols is 1. The Bertz CT molecular complexity index is 669. The van der Waals surface area contributed by atoms with Gasteiger partial charge in [0, 0.05) is 30.3 Å². The second-order valence-corrected chi connectivity index (χ2v) is 5.05. The lowest BCUT2D eigenvalue weighted by molar-refractivity contribution is -0.385. The summed E-state index contributed by atoms with van der Waals surface area (Å²) in [5.41, 5.74) is 3.58. The van der Waals surface area contributed by atoms with Crippen LogP contribution in [0.3, 0.4) is 0 Å². The molecule has 0 saturated heterocycles. The average molecular weight is 286 g/mol. The molecule has 0 atom stereocenters. The summed E-state index contributed by atoms with van der Waals surface area (Å²) in [4.78, 5) is 10.5. The largest absolute Gasteiger partial charge is 0.508 e. The third-order valence-corrected chi connectivity index (χ3v) is 3.48. The van der Waals surface area contributed by atoms with Gasteiger partial charge < -0.3 is 10.4 Å². The molecule has 0 aliphatic carbocycles. The number of rotatable bonds is 5. The van der Waals surface area contributed by atoms with E-state index in [4.69, 9.17) is 0 Å². The number of nitrogens with zero attached hydrogens (tertiary/aromatic N) is 1. The molecule has 21 heavy (non-hydrogen) atoms. The number of aromatic hydroxyl groups is 1. The standard InChI is InChI=1S/C16H18N2O3/c1-11-6-7-16(19)14(8-11)10-17-9-13-4-3-5-15(12(13)2)18(20)21/h3-8,17,19H,9-10H2,1-2H3. The van der Waals surface area contributed by atoms with E-state index in [1.807, 2.05) is 25.1 Å². The van der Waals surface area contributed by atoms with Crippen LogP contribution in [0.15, 0.2) is 36.4 Å². The zero-order chi connectivity index (χ0) is 15.4. The first-order valence-electron chi connectivity index (χ1n) is 6.71. The molecule has 0 unspecified atom stereocenters. The van der Waals surface area contributed by atoms with Crippen LogP contribution in [0.1, 0.15) is 22.3 Å². The van der Waals surface area contributed by atoms with E-state index in [-0.39, 0.29) is 16.4 Å². The SMILES string of the molecule is Cc1ccc(O)c(CNCc2cccc([N+](=O)[O-])c2C)c1. The van der Waals surface area contributed by atoms with Gasteiger partial charge in [-0.3, -0.25) is 10.1 Å². The Labute approximate surface area is 123 Å². The van der Waals surface area contributed by atoms with Gasteiger partial charge in [0.2, 0.25) is 0 Å². The van der Waals surface area contributed by atoms with Gasteiger partial charge in [0.15, 0.2) is 0 Å². The Hall–Kier alpha value is -2.40. The first kappa shape index (κ1) is 15.0. The molecule has 0 heterocycles. The molecule has 0 spiro atoms. The molecule has 0 radical (unpaired) electrons. The third-order valence-electron chi connectivity index (χ3n) is 3.48. The molecule has 0 aliphatic heterocycles. The molecular formula is C16H18N2O3. The van der Waals surface area contributed by atoms with Crippen LogP contribution in [-0.4, -0.2) is 10.0 Å². The van der Waals surface area contributed by atoms with Gasteiger partial charge in [-0.05, 0) is 25.5 Å². The van der Waals surface area contributed by atoms with Crippen molar-refractivity contribution < 1.29 is 10.0 Å². The summed E-state index contributed by atoms with van der Waals surface area (Å²) in [6.45, 7) is 4.74. The molecule has 0 aliphatic rings. The second kappa shape index (κ2) is 6.37. The molecule has 2 aromatic carbocycles. The van der Waals surface area contributed by atoms with Gasteiger partial charge in [0.25, 0.3) is 5.69 Å². The van der Waals surface area contributed by atoms with E-state index in [1.54, 1.807) is 19.1 Å². The van der Waals surface area contributed by atoms with Crippen molar-refractivity contribution in [2.24, 2.45) is 0 Å². The van der Waals surface area contributed by atoms with Gasteiger partial charge in [-0.1, -0.05) is 29.8 Å². The third kappa shape index (κ3) is 3.58. The molecular weight excluding hydrogens is 268 g/mol. The van der Waals surface area contributed by atoms with Crippen molar-refractivity contribution in [1.82, 2.24) is 5.32 Å². The Morgan fingerprint density at radius 2 is 1.86 bits per heavy atom. The number of hydrogen-bond acceptors (Lipinski definition) is 4. The minimum atomic E-state index is -0.370. The van der Waals surface area contributed by atoms with Crippen molar-refractivity contribution >= 4 is 5.69 Å². The van der Waals surface area contributed by atoms with Crippen LogP contribution < -0.4 is 5.32 Å². The van der Waals surface area contributed by atoms with Crippen molar-refractivity contribution in [3.63, 3.8) is 0 Å². The second-order valence-electron chi connectivity index (χ2n) is 5.05. The molecule has 5 nitrogen and oxygen atoms in total. The summed E-state index contributed by atoms with van der Waals surface area (Å²) in [5, 5.41) is 23.9. The number of hydrogen-bond donors (Lipinski definition) is 2. The van der Waals surface area contributed by atoms with Crippen LogP contribution in [0.4, 0.5) is 5.69 Å². The van der Waals surface area contributed by atoms with Crippen molar-refractivity contribution in [3.8, 4) is 5.75 Å². The summed E-state index contributed by atoms with van der Waals surface area (Å²) >= 11 is 0. The smallest absolute Gasteiger partial charge is 0.272 e. The molecule has 110 valence electrons. The highest BCUT2D eigenvalue weighted by Crippen LogP contribution is 2.21. The number of phenolic OH excluding ortho intramolecular Hbond substituents is 1. The van der Waals surface area contributed by atoms with E-state index in [0.717, 1.165) is 16.7 Å². The summed E-state index contributed by atoms with van der Waals surface area (Å²) in [7, 11) is 0. The van der Waals surface area contributed by atoms with Crippen molar-refractivity contribution in [1.29, 1.82) is 0 Å². The highest BCUT2D eigenvalue weighted by molar-refractivity contribution is 5.44. The van der Waals surface area contributed by atoms with Crippen LogP contribution in [0.2, 0.25) is 0 Å². The van der Waals surface area contributed by atoms with Gasteiger partial charge in [-0.25, -0.2) is 0 Å². The van der Waals surface area contributed by atoms with E-state index in [9.17, 15) is 15.2 Å². The Morgan fingerprint density at radius 1 is 1.14 bits per heavy atom. The lowest BCUT2D eigenvalue weighted by atomic mass is 10.1. The molecule has 5 heteroatoms. The summed E-state index contributed by atoms with van der Waals surface area (Å²) in [6.07, 6.45) is 0. The van der Waals surface area contributed by atoms with Crippen molar-refractivity contribution in [3.05, 3.63) is 68.8 Å². The maximum absolute atomic E-state index is 10.9. The van der Waals surface area contributed by atoms with Crippen LogP contribution >= 0.6 is 0 Å². The van der Waals surface area contributed by atoms with E-state index in [2.05, 4.69) is 5.32 Å². The molecule has 0 saturated carbocycles. The van der Waals surface area contributed by atoms with E-state index < -0.39 is 0 Å². The molecule has 0 bridgehead atoms. The van der Waals surface area contributed by atoms with Gasteiger partial charge >= 0.3 is 0 Å². The fraction of sp³-hybridized carbons (Fsp3) is 0.250. The lowest BCUT2D eigenvalue weighted by Crippen LogP contribution is -2.14. The van der Waals surface area contributed by atoms with Gasteiger partial charge in [0.1, 0.15) is 5.75 Å². The number of nitro groups is 1. The maximum Gasteiger partial charge on any atom is 0.272 e. The van der Waals surface area contributed by atoms with Crippen LogP contribution in [0, 0.1) is 24.0 Å². The minimum absolute atomic E-state index is 0.132. The van der Waals surface area contributed by atoms with Crippen molar-refractivity contribution in [2.75, 3.05) is 0 Å². The predicted molar refractivity (Wildman–Crippen MR) is 81.2 cm³/mol. The van der Waals surface area contributed by atoms with E-state index in [0.29, 0.717) is 18.7 Å². The number of aryl methyl sites for hydroxylation is 1. The van der Waals surface area contributed by atoms with Crippen LogP contribution in [0.5, 0.6) is 5.75 Å². The Balaban J connectivity index is 2.05. The Kier molecular flexibility index (Phi) is 4.55. The monoisotopic (exact) mass is 286 g/mol. The first-order valence-corrected chi connectivity index (χ1v) is 6.71. The molecule has 2 aromatic rings. The van der Waals surface area contributed by atoms with Crippen LogP contribution in [0.25, 0.3) is 0 Å². The van der Waals surface area contributed by atoms with Gasteiger partial charge in [0.05, 0.1) is 4.92 Å². The highest BCUT2D eigenvalue weighted by atomic mass is 16.6. The van der Waals surface area contributed by atoms with Crippen molar-refractivity contribution in [2.45, 2.75) is 26.9 Å². The fourth-order valence-corrected chi connectivity index (χ4v) is 2.25. The number of nitrogens with one attached hydrogen (secondary N) is 1. The highest BCUT2D eigenvalue weighted by Gasteiger charge is 2.12. The fourth-order valence-electron chi connectivity index (χ4n) is 2.25. The van der Waals surface area contributed by atoms with Crippen LogP contribution in [-0.2, 0) is 13.1 Å². The normalized spacial score (nSPS) is 10.6.